The van der Waals surface area contributed by atoms with E-state index in [0.29, 0.717) is 5.56 Å². The fourth-order valence-electron chi connectivity index (χ4n) is 2.09. The summed E-state index contributed by atoms with van der Waals surface area (Å²) in [4.78, 5) is 4.39. The fraction of sp³-hybridized carbons (Fsp3) is 0.133. The molecule has 0 unspecified atom stereocenters. The van der Waals surface area contributed by atoms with E-state index in [1.807, 2.05) is 25.1 Å². The Balaban J connectivity index is 1.99. The van der Waals surface area contributed by atoms with E-state index in [9.17, 15) is 13.2 Å². The number of halogens is 3. The van der Waals surface area contributed by atoms with Crippen LogP contribution in [0.3, 0.4) is 0 Å². The monoisotopic (exact) mass is 309 g/mol. The molecule has 0 spiro atoms. The van der Waals surface area contributed by atoms with Crippen LogP contribution in [0, 0.1) is 6.92 Å². The van der Waals surface area contributed by atoms with Gasteiger partial charge in [0.2, 0.25) is 0 Å². The first-order chi connectivity index (χ1) is 9.90. The summed E-state index contributed by atoms with van der Waals surface area (Å²) in [6.45, 7) is 1.92. The van der Waals surface area contributed by atoms with Gasteiger partial charge in [-0.3, -0.25) is 0 Å². The molecule has 21 heavy (non-hydrogen) atoms. The first-order valence-corrected chi connectivity index (χ1v) is 6.96. The lowest BCUT2D eigenvalue weighted by molar-refractivity contribution is -0.274. The number of fused-ring (bicyclic) bond motifs is 1. The van der Waals surface area contributed by atoms with Crippen LogP contribution in [0.1, 0.15) is 5.01 Å². The van der Waals surface area contributed by atoms with Gasteiger partial charge in [-0.25, -0.2) is 4.98 Å². The summed E-state index contributed by atoms with van der Waals surface area (Å²) in [5, 5.41) is 0.955. The molecular weight excluding hydrogens is 299 g/mol. The Bertz CT molecular complexity index is 795. The molecule has 108 valence electrons. The van der Waals surface area contributed by atoms with Gasteiger partial charge in [-0.05, 0) is 42.3 Å². The van der Waals surface area contributed by atoms with Gasteiger partial charge in [0.25, 0.3) is 0 Å². The third-order valence-electron chi connectivity index (χ3n) is 2.90. The van der Waals surface area contributed by atoms with Gasteiger partial charge in [0, 0.05) is 0 Å². The molecule has 3 aromatic rings. The fourth-order valence-corrected chi connectivity index (χ4v) is 2.90. The Labute approximate surface area is 122 Å². The molecular formula is C15H10F3NOS. The number of aryl methyl sites for hydroxylation is 1. The highest BCUT2D eigenvalue weighted by Gasteiger charge is 2.31. The summed E-state index contributed by atoms with van der Waals surface area (Å²) in [5.41, 5.74) is 2.31. The topological polar surface area (TPSA) is 22.1 Å². The van der Waals surface area contributed by atoms with Crippen molar-refractivity contribution in [3.8, 4) is 16.9 Å². The minimum absolute atomic E-state index is 0.227. The van der Waals surface area contributed by atoms with Crippen molar-refractivity contribution in [1.29, 1.82) is 0 Å². The second kappa shape index (κ2) is 5.04. The molecule has 0 N–H and O–H groups in total. The van der Waals surface area contributed by atoms with Crippen LogP contribution in [0.25, 0.3) is 21.3 Å². The van der Waals surface area contributed by atoms with Crippen molar-refractivity contribution in [2.75, 3.05) is 0 Å². The predicted molar refractivity (Wildman–Crippen MR) is 76.5 cm³/mol. The van der Waals surface area contributed by atoms with E-state index in [0.717, 1.165) is 20.8 Å². The SMILES string of the molecule is Cc1nc2cc(-c3cccc(OC(F)(F)F)c3)ccc2s1. The smallest absolute Gasteiger partial charge is 0.406 e. The Hall–Kier alpha value is -2.08. The van der Waals surface area contributed by atoms with Gasteiger partial charge >= 0.3 is 6.36 Å². The molecule has 3 rings (SSSR count). The maximum atomic E-state index is 12.3. The molecule has 0 radical (unpaired) electrons. The number of nitrogens with zero attached hydrogens (tertiary/aromatic N) is 1. The average molecular weight is 309 g/mol. The predicted octanol–water partition coefficient (Wildman–Crippen LogP) is 5.17. The zero-order valence-electron chi connectivity index (χ0n) is 10.9. The minimum Gasteiger partial charge on any atom is -0.406 e. The highest BCUT2D eigenvalue weighted by atomic mass is 32.1. The van der Waals surface area contributed by atoms with Crippen LogP contribution in [0.5, 0.6) is 5.75 Å². The summed E-state index contributed by atoms with van der Waals surface area (Å²) < 4.78 is 41.8. The van der Waals surface area contributed by atoms with E-state index in [1.54, 1.807) is 17.4 Å². The van der Waals surface area contributed by atoms with Crippen molar-refractivity contribution in [2.24, 2.45) is 0 Å². The molecule has 0 aliphatic rings. The van der Waals surface area contributed by atoms with Crippen molar-refractivity contribution in [2.45, 2.75) is 13.3 Å². The summed E-state index contributed by atoms with van der Waals surface area (Å²) in [7, 11) is 0. The van der Waals surface area contributed by atoms with Crippen LogP contribution in [0.2, 0.25) is 0 Å². The maximum absolute atomic E-state index is 12.3. The minimum atomic E-state index is -4.69. The van der Waals surface area contributed by atoms with Gasteiger partial charge in [-0.1, -0.05) is 18.2 Å². The van der Waals surface area contributed by atoms with Gasteiger partial charge in [0.1, 0.15) is 5.75 Å². The molecule has 0 atom stereocenters. The molecule has 2 nitrogen and oxygen atoms in total. The van der Waals surface area contributed by atoms with Crippen LogP contribution < -0.4 is 4.74 Å². The molecule has 0 aliphatic carbocycles. The van der Waals surface area contributed by atoms with Crippen molar-refractivity contribution in [3.63, 3.8) is 0 Å². The van der Waals surface area contributed by atoms with Crippen molar-refractivity contribution in [3.05, 3.63) is 47.5 Å². The van der Waals surface area contributed by atoms with E-state index in [-0.39, 0.29) is 5.75 Å². The van der Waals surface area contributed by atoms with E-state index in [4.69, 9.17) is 0 Å². The largest absolute Gasteiger partial charge is 0.573 e. The number of ether oxygens (including phenoxy) is 1. The van der Waals surface area contributed by atoms with Crippen molar-refractivity contribution in [1.82, 2.24) is 4.98 Å². The Kier molecular flexibility index (Phi) is 3.33. The zero-order valence-corrected chi connectivity index (χ0v) is 11.8. The zero-order chi connectivity index (χ0) is 15.0. The molecule has 1 heterocycles. The standard InChI is InChI=1S/C15H10F3NOS/c1-9-19-13-8-11(5-6-14(13)21-9)10-3-2-4-12(7-10)20-15(16,17)18/h2-8H,1H3. The van der Waals surface area contributed by atoms with E-state index in [2.05, 4.69) is 9.72 Å². The molecule has 1 aromatic heterocycles. The van der Waals surface area contributed by atoms with Crippen LogP contribution >= 0.6 is 11.3 Å². The number of hydrogen-bond donors (Lipinski definition) is 0. The molecule has 0 aliphatic heterocycles. The van der Waals surface area contributed by atoms with Crippen LogP contribution in [-0.2, 0) is 0 Å². The lowest BCUT2D eigenvalue weighted by Crippen LogP contribution is -2.17. The van der Waals surface area contributed by atoms with E-state index < -0.39 is 6.36 Å². The van der Waals surface area contributed by atoms with E-state index >= 15 is 0 Å². The molecule has 0 saturated carbocycles. The van der Waals surface area contributed by atoms with Gasteiger partial charge in [0.15, 0.2) is 0 Å². The number of alkyl halides is 3. The average Bonchev–Trinajstić information content (AvgIpc) is 2.76. The lowest BCUT2D eigenvalue weighted by Gasteiger charge is -2.10. The van der Waals surface area contributed by atoms with E-state index in [1.165, 1.54) is 18.2 Å². The summed E-state index contributed by atoms with van der Waals surface area (Å²) >= 11 is 1.58. The molecule has 0 amide bonds. The maximum Gasteiger partial charge on any atom is 0.573 e. The van der Waals surface area contributed by atoms with Crippen molar-refractivity contribution < 1.29 is 17.9 Å². The summed E-state index contributed by atoms with van der Waals surface area (Å²) in [5.74, 6) is -0.227. The van der Waals surface area contributed by atoms with Crippen LogP contribution in [0.4, 0.5) is 13.2 Å². The summed E-state index contributed by atoms with van der Waals surface area (Å²) in [6.07, 6.45) is -4.69. The normalized spacial score (nSPS) is 11.8. The third kappa shape index (κ3) is 3.16. The molecule has 0 fully saturated rings. The summed E-state index contributed by atoms with van der Waals surface area (Å²) in [6, 6.07) is 11.6. The van der Waals surface area contributed by atoms with Crippen LogP contribution in [0.15, 0.2) is 42.5 Å². The lowest BCUT2D eigenvalue weighted by atomic mass is 10.1. The Morgan fingerprint density at radius 1 is 1.05 bits per heavy atom. The second-order valence-electron chi connectivity index (χ2n) is 4.49. The number of aromatic nitrogens is 1. The number of thiazole rings is 1. The first-order valence-electron chi connectivity index (χ1n) is 6.14. The Morgan fingerprint density at radius 2 is 1.81 bits per heavy atom. The highest BCUT2D eigenvalue weighted by molar-refractivity contribution is 7.18. The number of rotatable bonds is 2. The quantitative estimate of drug-likeness (QED) is 0.651. The van der Waals surface area contributed by atoms with Gasteiger partial charge in [-0.2, -0.15) is 0 Å². The van der Waals surface area contributed by atoms with Gasteiger partial charge in [-0.15, -0.1) is 24.5 Å². The molecule has 0 saturated heterocycles. The highest BCUT2D eigenvalue weighted by Crippen LogP contribution is 2.31. The first kappa shape index (κ1) is 13.9. The van der Waals surface area contributed by atoms with Crippen LogP contribution in [-0.4, -0.2) is 11.3 Å². The molecule has 2 aromatic carbocycles. The molecule has 0 bridgehead atoms. The van der Waals surface area contributed by atoms with Gasteiger partial charge < -0.3 is 4.74 Å². The number of benzene rings is 2. The third-order valence-corrected chi connectivity index (χ3v) is 3.85. The molecule has 6 heteroatoms. The number of hydrogen-bond acceptors (Lipinski definition) is 3. The van der Waals surface area contributed by atoms with Crippen molar-refractivity contribution >= 4 is 21.6 Å². The van der Waals surface area contributed by atoms with Gasteiger partial charge in [0.05, 0.1) is 15.2 Å². The second-order valence-corrected chi connectivity index (χ2v) is 5.73. The Morgan fingerprint density at radius 3 is 2.57 bits per heavy atom.